The number of hydrogen-bond acceptors (Lipinski definition) is 4. The summed E-state index contributed by atoms with van der Waals surface area (Å²) in [5.74, 6) is -0.633. The molecule has 0 fully saturated rings. The minimum Gasteiger partial charge on any atom is -0.481 e. The van der Waals surface area contributed by atoms with Gasteiger partial charge in [0.25, 0.3) is 0 Å². The minimum atomic E-state index is -0.924. The second-order valence-electron chi connectivity index (χ2n) is 6.28. The number of hydrogen-bond donors (Lipinski definition) is 2. The summed E-state index contributed by atoms with van der Waals surface area (Å²) >= 11 is 1.23. The number of carbonyl (C=O) groups excluding carboxylic acids is 2. The van der Waals surface area contributed by atoms with E-state index in [1.807, 2.05) is 45.0 Å². The maximum atomic E-state index is 12.2. The van der Waals surface area contributed by atoms with Crippen LogP contribution in [0.2, 0.25) is 0 Å². The van der Waals surface area contributed by atoms with E-state index in [2.05, 4.69) is 5.32 Å². The predicted octanol–water partition coefficient (Wildman–Crippen LogP) is 2.63. The Kier molecular flexibility index (Phi) is 9.05. The molecule has 1 rings (SSSR count). The molecule has 0 spiro atoms. The van der Waals surface area contributed by atoms with Crippen LogP contribution in [0.4, 0.5) is 5.69 Å². The zero-order valence-electron chi connectivity index (χ0n) is 14.9. The first-order valence-electron chi connectivity index (χ1n) is 8.21. The average molecular weight is 366 g/mol. The van der Waals surface area contributed by atoms with Crippen LogP contribution in [-0.2, 0) is 14.4 Å². The number of amides is 2. The molecule has 0 unspecified atom stereocenters. The van der Waals surface area contributed by atoms with Gasteiger partial charge in [0.15, 0.2) is 0 Å². The molecule has 138 valence electrons. The van der Waals surface area contributed by atoms with Crippen LogP contribution in [0.1, 0.15) is 25.8 Å². The summed E-state index contributed by atoms with van der Waals surface area (Å²) in [6.45, 7) is 6.64. The molecule has 0 aliphatic carbocycles. The van der Waals surface area contributed by atoms with Gasteiger partial charge in [-0.2, -0.15) is 0 Å². The lowest BCUT2D eigenvalue weighted by atomic mass is 10.2. The summed E-state index contributed by atoms with van der Waals surface area (Å²) < 4.78 is 0. The maximum absolute atomic E-state index is 12.2. The molecule has 7 heteroatoms. The number of thioether (sulfide) groups is 1. The molecule has 0 heterocycles. The maximum Gasteiger partial charge on any atom is 0.305 e. The lowest BCUT2D eigenvalue weighted by Crippen LogP contribution is -2.37. The first kappa shape index (κ1) is 21.0. The summed E-state index contributed by atoms with van der Waals surface area (Å²) in [6.07, 6.45) is -0.0724. The van der Waals surface area contributed by atoms with Gasteiger partial charge in [-0.1, -0.05) is 31.5 Å². The van der Waals surface area contributed by atoms with E-state index in [0.29, 0.717) is 6.54 Å². The van der Waals surface area contributed by atoms with Gasteiger partial charge in [0.1, 0.15) is 0 Å². The number of nitrogens with zero attached hydrogens (tertiary/aromatic N) is 1. The number of carboxylic acid groups (broad SMARTS) is 1. The SMILES string of the molecule is Cc1ccc(NC(=O)CSCC(=O)N(CCC(=O)O)CC(C)C)cc1. The summed E-state index contributed by atoms with van der Waals surface area (Å²) in [6, 6.07) is 7.50. The van der Waals surface area contributed by atoms with Crippen LogP contribution in [0.5, 0.6) is 0 Å². The van der Waals surface area contributed by atoms with Crippen molar-refractivity contribution in [2.45, 2.75) is 27.2 Å². The Labute approximate surface area is 153 Å². The van der Waals surface area contributed by atoms with E-state index in [9.17, 15) is 14.4 Å². The molecule has 0 bridgehead atoms. The van der Waals surface area contributed by atoms with Crippen molar-refractivity contribution in [2.75, 3.05) is 29.9 Å². The van der Waals surface area contributed by atoms with Crippen molar-refractivity contribution >= 4 is 35.2 Å². The van der Waals surface area contributed by atoms with Gasteiger partial charge < -0.3 is 15.3 Å². The molecule has 0 aromatic heterocycles. The molecule has 25 heavy (non-hydrogen) atoms. The molecule has 2 amide bonds. The van der Waals surface area contributed by atoms with Gasteiger partial charge in [-0.3, -0.25) is 14.4 Å². The largest absolute Gasteiger partial charge is 0.481 e. The third-order valence-corrected chi connectivity index (χ3v) is 4.25. The topological polar surface area (TPSA) is 86.7 Å². The fourth-order valence-electron chi connectivity index (χ4n) is 2.15. The monoisotopic (exact) mass is 366 g/mol. The number of benzene rings is 1. The van der Waals surface area contributed by atoms with Gasteiger partial charge >= 0.3 is 5.97 Å². The summed E-state index contributed by atoms with van der Waals surface area (Å²) in [5, 5.41) is 11.6. The van der Waals surface area contributed by atoms with Gasteiger partial charge in [-0.05, 0) is 25.0 Å². The first-order valence-corrected chi connectivity index (χ1v) is 9.37. The van der Waals surface area contributed by atoms with Gasteiger partial charge in [-0.25, -0.2) is 0 Å². The number of nitrogens with one attached hydrogen (secondary N) is 1. The fraction of sp³-hybridized carbons (Fsp3) is 0.500. The molecule has 0 aliphatic rings. The van der Waals surface area contributed by atoms with Gasteiger partial charge in [0.2, 0.25) is 11.8 Å². The van der Waals surface area contributed by atoms with Gasteiger partial charge in [-0.15, -0.1) is 11.8 Å². The van der Waals surface area contributed by atoms with Crippen molar-refractivity contribution < 1.29 is 19.5 Å². The van der Waals surface area contributed by atoms with Crippen LogP contribution in [0.15, 0.2) is 24.3 Å². The quantitative estimate of drug-likeness (QED) is 0.665. The summed E-state index contributed by atoms with van der Waals surface area (Å²) in [5.41, 5.74) is 1.84. The standard InChI is InChI=1S/C18H26N2O4S/c1-13(2)10-20(9-8-18(23)24)17(22)12-25-11-16(21)19-15-6-4-14(3)5-7-15/h4-7,13H,8-12H2,1-3H3,(H,19,21)(H,23,24). The molecule has 2 N–H and O–H groups in total. The molecule has 0 atom stereocenters. The molecule has 1 aromatic carbocycles. The van der Waals surface area contributed by atoms with Gasteiger partial charge in [0.05, 0.1) is 17.9 Å². The fourth-order valence-corrected chi connectivity index (χ4v) is 2.86. The number of aryl methyl sites for hydroxylation is 1. The average Bonchev–Trinajstić information content (AvgIpc) is 2.53. The first-order chi connectivity index (χ1) is 11.8. The molecule has 0 radical (unpaired) electrons. The third-order valence-electron chi connectivity index (χ3n) is 3.33. The molecule has 0 aliphatic heterocycles. The predicted molar refractivity (Wildman–Crippen MR) is 101 cm³/mol. The van der Waals surface area contributed by atoms with Crippen molar-refractivity contribution in [3.05, 3.63) is 29.8 Å². The Morgan fingerprint density at radius 2 is 1.80 bits per heavy atom. The van der Waals surface area contributed by atoms with E-state index < -0.39 is 5.97 Å². The number of rotatable bonds is 10. The molecular formula is C18H26N2O4S. The van der Waals surface area contributed by atoms with Crippen molar-refractivity contribution in [3.8, 4) is 0 Å². The second-order valence-corrected chi connectivity index (χ2v) is 7.27. The summed E-state index contributed by atoms with van der Waals surface area (Å²) in [7, 11) is 0. The van der Waals surface area contributed by atoms with Crippen molar-refractivity contribution in [1.29, 1.82) is 0 Å². The summed E-state index contributed by atoms with van der Waals surface area (Å²) in [4.78, 5) is 36.4. The van der Waals surface area contributed by atoms with E-state index in [1.54, 1.807) is 4.90 Å². The number of anilines is 1. The van der Waals surface area contributed by atoms with E-state index in [1.165, 1.54) is 11.8 Å². The highest BCUT2D eigenvalue weighted by Crippen LogP contribution is 2.11. The van der Waals surface area contributed by atoms with Crippen molar-refractivity contribution in [1.82, 2.24) is 4.90 Å². The Bertz CT molecular complexity index is 587. The molecule has 0 saturated carbocycles. The molecule has 1 aromatic rings. The van der Waals surface area contributed by atoms with E-state index in [4.69, 9.17) is 5.11 Å². The van der Waals surface area contributed by atoms with Crippen LogP contribution >= 0.6 is 11.8 Å². The zero-order valence-corrected chi connectivity index (χ0v) is 15.8. The minimum absolute atomic E-state index is 0.0724. The normalized spacial score (nSPS) is 10.6. The van der Waals surface area contributed by atoms with E-state index in [-0.39, 0.29) is 42.2 Å². The number of carbonyl (C=O) groups is 3. The van der Waals surface area contributed by atoms with Gasteiger partial charge in [0, 0.05) is 18.8 Å². The molecule has 6 nitrogen and oxygen atoms in total. The van der Waals surface area contributed by atoms with Crippen molar-refractivity contribution in [2.24, 2.45) is 5.92 Å². The lowest BCUT2D eigenvalue weighted by molar-refractivity contribution is -0.138. The van der Waals surface area contributed by atoms with Crippen LogP contribution in [-0.4, -0.2) is 52.4 Å². The Morgan fingerprint density at radius 3 is 2.36 bits per heavy atom. The van der Waals surface area contributed by atoms with Crippen LogP contribution in [0, 0.1) is 12.8 Å². The van der Waals surface area contributed by atoms with E-state index >= 15 is 0 Å². The highest BCUT2D eigenvalue weighted by Gasteiger charge is 2.16. The van der Waals surface area contributed by atoms with Crippen molar-refractivity contribution in [3.63, 3.8) is 0 Å². The Morgan fingerprint density at radius 1 is 1.16 bits per heavy atom. The molecular weight excluding hydrogens is 340 g/mol. The number of aliphatic carboxylic acids is 1. The smallest absolute Gasteiger partial charge is 0.305 e. The highest BCUT2D eigenvalue weighted by molar-refractivity contribution is 8.00. The van der Waals surface area contributed by atoms with E-state index in [0.717, 1.165) is 11.3 Å². The number of carboxylic acids is 1. The highest BCUT2D eigenvalue weighted by atomic mass is 32.2. The lowest BCUT2D eigenvalue weighted by Gasteiger charge is -2.23. The second kappa shape index (κ2) is 10.8. The zero-order chi connectivity index (χ0) is 18.8. The third kappa shape index (κ3) is 9.14. The Hall–Kier alpha value is -2.02. The molecule has 0 saturated heterocycles. The van der Waals surface area contributed by atoms with Crippen LogP contribution in [0.3, 0.4) is 0 Å². The van der Waals surface area contributed by atoms with Crippen LogP contribution in [0.25, 0.3) is 0 Å². The Balaban J connectivity index is 2.40. The van der Waals surface area contributed by atoms with Crippen LogP contribution < -0.4 is 5.32 Å².